The minimum Gasteiger partial charge on any atom is -0.444 e. The fraction of sp³-hybridized carbons (Fsp3) is 0.206. The lowest BCUT2D eigenvalue weighted by atomic mass is 9.98. The van der Waals surface area contributed by atoms with E-state index in [2.05, 4.69) is 16.0 Å². The number of carbonyl (C=O) groups is 3. The summed E-state index contributed by atoms with van der Waals surface area (Å²) in [7, 11) is 0. The lowest BCUT2D eigenvalue weighted by Crippen LogP contribution is -2.32. The molecule has 0 saturated heterocycles. The third kappa shape index (κ3) is 8.94. The van der Waals surface area contributed by atoms with Crippen molar-refractivity contribution < 1.29 is 32.3 Å². The van der Waals surface area contributed by atoms with E-state index in [-0.39, 0.29) is 18.0 Å². The summed E-state index contributed by atoms with van der Waals surface area (Å²) in [4.78, 5) is 37.9. The van der Waals surface area contributed by atoms with Gasteiger partial charge < -0.3 is 20.7 Å². The molecule has 0 spiro atoms. The second-order valence-electron chi connectivity index (χ2n) is 11.0. The van der Waals surface area contributed by atoms with Crippen LogP contribution in [0.1, 0.15) is 58.2 Å². The SMILES string of the molecule is CC(C)(C)OC(=O)NCc1ccc(CNC(=O)c2cccc(NC(=O)c3ccccc3-c3ccc(C(F)(F)F)cc3)c2)cc1. The van der Waals surface area contributed by atoms with Crippen molar-refractivity contribution in [2.24, 2.45) is 0 Å². The third-order valence-corrected chi connectivity index (χ3v) is 6.39. The number of hydrogen-bond donors (Lipinski definition) is 3. The molecule has 3 N–H and O–H groups in total. The van der Waals surface area contributed by atoms with Gasteiger partial charge in [-0.15, -0.1) is 0 Å². The number of alkyl carbamates (subject to hydrolysis) is 1. The van der Waals surface area contributed by atoms with Crippen LogP contribution in [-0.2, 0) is 24.0 Å². The summed E-state index contributed by atoms with van der Waals surface area (Å²) < 4.78 is 44.2. The minimum absolute atomic E-state index is 0.260. The van der Waals surface area contributed by atoms with Crippen molar-refractivity contribution >= 4 is 23.6 Å². The van der Waals surface area contributed by atoms with Gasteiger partial charge in [-0.05, 0) is 79.4 Å². The van der Waals surface area contributed by atoms with Crippen LogP contribution in [0.15, 0.2) is 97.1 Å². The predicted octanol–water partition coefficient (Wildman–Crippen LogP) is 7.58. The van der Waals surface area contributed by atoms with Gasteiger partial charge in [-0.3, -0.25) is 9.59 Å². The van der Waals surface area contributed by atoms with Crippen LogP contribution in [0, 0.1) is 0 Å². The molecule has 0 aliphatic heterocycles. The topological polar surface area (TPSA) is 96.5 Å². The fourth-order valence-electron chi connectivity index (χ4n) is 4.26. The molecule has 10 heteroatoms. The summed E-state index contributed by atoms with van der Waals surface area (Å²) in [6, 6.07) is 25.0. The van der Waals surface area contributed by atoms with Gasteiger partial charge in [0.1, 0.15) is 5.60 Å². The number of alkyl halides is 3. The summed E-state index contributed by atoms with van der Waals surface area (Å²) in [5, 5.41) is 8.32. The highest BCUT2D eigenvalue weighted by Crippen LogP contribution is 2.32. The molecule has 0 saturated carbocycles. The summed E-state index contributed by atoms with van der Waals surface area (Å²) in [5.74, 6) is -0.818. The predicted molar refractivity (Wildman–Crippen MR) is 162 cm³/mol. The highest BCUT2D eigenvalue weighted by atomic mass is 19.4. The first-order chi connectivity index (χ1) is 20.8. The van der Waals surface area contributed by atoms with Gasteiger partial charge in [0.15, 0.2) is 0 Å². The Morgan fingerprint density at radius 2 is 1.32 bits per heavy atom. The molecule has 4 aromatic carbocycles. The van der Waals surface area contributed by atoms with E-state index in [1.165, 1.54) is 12.1 Å². The summed E-state index contributed by atoms with van der Waals surface area (Å²) >= 11 is 0. The Hall–Kier alpha value is -5.12. The Balaban J connectivity index is 1.35. The van der Waals surface area contributed by atoms with Crippen LogP contribution in [0.25, 0.3) is 11.1 Å². The average Bonchev–Trinajstić information content (AvgIpc) is 2.98. The van der Waals surface area contributed by atoms with E-state index in [9.17, 15) is 27.6 Å². The maximum absolute atomic E-state index is 13.2. The monoisotopic (exact) mass is 603 g/mol. The van der Waals surface area contributed by atoms with Gasteiger partial charge >= 0.3 is 12.3 Å². The van der Waals surface area contributed by atoms with Gasteiger partial charge in [0, 0.05) is 29.9 Å². The normalized spacial score (nSPS) is 11.4. The molecule has 0 radical (unpaired) electrons. The number of hydrogen-bond acceptors (Lipinski definition) is 4. The quantitative estimate of drug-likeness (QED) is 0.193. The molecule has 0 bridgehead atoms. The lowest BCUT2D eigenvalue weighted by Gasteiger charge is -2.19. The Morgan fingerprint density at radius 3 is 1.93 bits per heavy atom. The highest BCUT2D eigenvalue weighted by molar-refractivity contribution is 6.09. The molecule has 0 aromatic heterocycles. The van der Waals surface area contributed by atoms with Crippen LogP contribution in [0.5, 0.6) is 0 Å². The number of carbonyl (C=O) groups excluding carboxylic acids is 3. The number of nitrogens with one attached hydrogen (secondary N) is 3. The Bertz CT molecular complexity index is 1630. The maximum atomic E-state index is 13.2. The van der Waals surface area contributed by atoms with Crippen LogP contribution < -0.4 is 16.0 Å². The van der Waals surface area contributed by atoms with Crippen molar-refractivity contribution in [3.05, 3.63) is 125 Å². The molecule has 4 aromatic rings. The van der Waals surface area contributed by atoms with Gasteiger partial charge in [0.25, 0.3) is 11.8 Å². The average molecular weight is 604 g/mol. The van der Waals surface area contributed by atoms with Crippen LogP contribution in [0.3, 0.4) is 0 Å². The second kappa shape index (κ2) is 13.5. The second-order valence-corrected chi connectivity index (χ2v) is 11.0. The number of rotatable bonds is 8. The molecule has 228 valence electrons. The van der Waals surface area contributed by atoms with Crippen molar-refractivity contribution in [3.63, 3.8) is 0 Å². The number of anilines is 1. The summed E-state index contributed by atoms with van der Waals surface area (Å²) in [6.07, 6.45) is -4.96. The molecule has 4 rings (SSSR count). The summed E-state index contributed by atoms with van der Waals surface area (Å²) in [6.45, 7) is 5.93. The largest absolute Gasteiger partial charge is 0.444 e. The van der Waals surface area contributed by atoms with E-state index in [4.69, 9.17) is 4.74 Å². The third-order valence-electron chi connectivity index (χ3n) is 6.39. The molecule has 0 heterocycles. The van der Waals surface area contributed by atoms with Crippen LogP contribution >= 0.6 is 0 Å². The first kappa shape index (κ1) is 31.8. The molecule has 0 atom stereocenters. The number of halogens is 3. The van der Waals surface area contributed by atoms with E-state index in [1.54, 1.807) is 69.3 Å². The fourth-order valence-corrected chi connectivity index (χ4v) is 4.26. The Labute approximate surface area is 253 Å². The summed E-state index contributed by atoms with van der Waals surface area (Å²) in [5.41, 5.74) is 2.28. The van der Waals surface area contributed by atoms with Crippen molar-refractivity contribution in [2.45, 2.75) is 45.6 Å². The highest BCUT2D eigenvalue weighted by Gasteiger charge is 2.30. The van der Waals surface area contributed by atoms with Gasteiger partial charge in [-0.25, -0.2) is 4.79 Å². The smallest absolute Gasteiger partial charge is 0.416 e. The van der Waals surface area contributed by atoms with Crippen molar-refractivity contribution in [2.75, 3.05) is 5.32 Å². The minimum atomic E-state index is -4.46. The molecule has 44 heavy (non-hydrogen) atoms. The van der Waals surface area contributed by atoms with Crippen LogP contribution in [0.4, 0.5) is 23.7 Å². The molecule has 3 amide bonds. The molecule has 0 aliphatic carbocycles. The van der Waals surface area contributed by atoms with Gasteiger partial charge in [0.05, 0.1) is 5.56 Å². The molecule has 0 fully saturated rings. The zero-order chi connectivity index (χ0) is 31.9. The van der Waals surface area contributed by atoms with E-state index in [1.807, 2.05) is 24.3 Å². The molecule has 7 nitrogen and oxygen atoms in total. The van der Waals surface area contributed by atoms with E-state index in [0.29, 0.717) is 28.9 Å². The van der Waals surface area contributed by atoms with Crippen molar-refractivity contribution in [1.29, 1.82) is 0 Å². The number of ether oxygens (including phenoxy) is 1. The van der Waals surface area contributed by atoms with Crippen LogP contribution in [-0.4, -0.2) is 23.5 Å². The molecular weight excluding hydrogens is 571 g/mol. The van der Waals surface area contributed by atoms with Crippen molar-refractivity contribution in [3.8, 4) is 11.1 Å². The Kier molecular flexibility index (Phi) is 9.73. The van der Waals surface area contributed by atoms with E-state index in [0.717, 1.165) is 23.3 Å². The van der Waals surface area contributed by atoms with Gasteiger partial charge in [-0.2, -0.15) is 13.2 Å². The van der Waals surface area contributed by atoms with E-state index >= 15 is 0 Å². The van der Waals surface area contributed by atoms with Gasteiger partial charge in [-0.1, -0.05) is 60.7 Å². The molecular formula is C34H32F3N3O4. The van der Waals surface area contributed by atoms with Crippen LogP contribution in [0.2, 0.25) is 0 Å². The zero-order valence-electron chi connectivity index (χ0n) is 24.4. The van der Waals surface area contributed by atoms with E-state index < -0.39 is 29.3 Å². The number of amides is 3. The van der Waals surface area contributed by atoms with Crippen molar-refractivity contribution in [1.82, 2.24) is 10.6 Å². The number of benzene rings is 4. The Morgan fingerprint density at radius 1 is 0.705 bits per heavy atom. The lowest BCUT2D eigenvalue weighted by molar-refractivity contribution is -0.137. The molecule has 0 unspecified atom stereocenters. The zero-order valence-corrected chi connectivity index (χ0v) is 24.4. The molecule has 0 aliphatic rings. The standard InChI is InChI=1S/C34H32F3N3O4/c1-33(2,3)44-32(43)39-21-23-13-11-22(12-14-23)20-38-30(41)25-7-6-8-27(19-25)40-31(42)29-10-5-4-9-28(29)24-15-17-26(18-16-24)34(35,36)37/h4-19H,20-21H2,1-3H3,(H,38,41)(H,39,43)(H,40,42). The first-order valence-electron chi connectivity index (χ1n) is 13.8. The van der Waals surface area contributed by atoms with Gasteiger partial charge in [0.2, 0.25) is 0 Å². The maximum Gasteiger partial charge on any atom is 0.416 e. The first-order valence-corrected chi connectivity index (χ1v) is 13.8.